The summed E-state index contributed by atoms with van der Waals surface area (Å²) in [6.45, 7) is 5.24. The monoisotopic (exact) mass is 538 g/mol. The number of carbonyl (C=O) groups excluding carboxylic acids is 1. The first-order chi connectivity index (χ1) is 17.4. The summed E-state index contributed by atoms with van der Waals surface area (Å²) in [6.07, 6.45) is 2.05. The first-order valence-corrected chi connectivity index (χ1v) is 14.0. The molecule has 186 valence electrons. The molecule has 1 N–H and O–H groups in total. The van der Waals surface area contributed by atoms with Crippen LogP contribution in [0.2, 0.25) is 0 Å². The predicted molar refractivity (Wildman–Crippen MR) is 148 cm³/mol. The van der Waals surface area contributed by atoms with Gasteiger partial charge in [0.2, 0.25) is 5.91 Å². The molecule has 1 saturated heterocycles. The van der Waals surface area contributed by atoms with Gasteiger partial charge in [-0.15, -0.1) is 0 Å². The van der Waals surface area contributed by atoms with Crippen molar-refractivity contribution >= 4 is 51.6 Å². The number of thiazole rings is 1. The minimum Gasteiger partial charge on any atom is -0.376 e. The molecular weight excluding hydrogens is 513 g/mol. The molecule has 0 unspecified atom stereocenters. The molecule has 1 atom stereocenters. The van der Waals surface area contributed by atoms with E-state index in [4.69, 9.17) is 21.9 Å². The van der Waals surface area contributed by atoms with E-state index in [0.29, 0.717) is 31.7 Å². The Labute approximate surface area is 222 Å². The average Bonchev–Trinajstić information content (AvgIpc) is 3.50. The molecule has 0 bridgehead atoms. The summed E-state index contributed by atoms with van der Waals surface area (Å²) in [7, 11) is 0. The average molecular weight is 539 g/mol. The maximum Gasteiger partial charge on any atom is 0.278 e. The van der Waals surface area contributed by atoms with Crippen molar-refractivity contribution in [1.82, 2.24) is 19.4 Å². The van der Waals surface area contributed by atoms with E-state index < -0.39 is 0 Å². The van der Waals surface area contributed by atoms with Crippen LogP contribution in [0.15, 0.2) is 58.5 Å². The van der Waals surface area contributed by atoms with Crippen molar-refractivity contribution in [3.8, 4) is 11.4 Å². The van der Waals surface area contributed by atoms with Gasteiger partial charge in [0.1, 0.15) is 4.70 Å². The van der Waals surface area contributed by atoms with E-state index in [-0.39, 0.29) is 23.3 Å². The smallest absolute Gasteiger partial charge is 0.278 e. The second-order valence-electron chi connectivity index (χ2n) is 8.74. The standard InChI is InChI=1S/C26H26N4O3S3/c1-16-9-11-18(12-10-16)29-24(32)22-23(30(26(34)36-22)20-8-4-3-6-17(20)2)28-25(29)35-15-21(31)27-14-19-7-5-13-33-19/h3-4,6,8-12,19H,5,7,13-15H2,1-2H3,(H,27,31)/t19-/m1/s1. The Hall–Kier alpha value is -2.79. The van der Waals surface area contributed by atoms with Crippen LogP contribution < -0.4 is 10.9 Å². The van der Waals surface area contributed by atoms with Crippen molar-refractivity contribution in [3.05, 3.63) is 74.0 Å². The van der Waals surface area contributed by atoms with Gasteiger partial charge < -0.3 is 10.1 Å². The molecule has 0 saturated carbocycles. The lowest BCUT2D eigenvalue weighted by molar-refractivity contribution is -0.119. The number of hydrogen-bond acceptors (Lipinski definition) is 7. The number of hydrogen-bond donors (Lipinski definition) is 1. The van der Waals surface area contributed by atoms with Gasteiger partial charge in [0.15, 0.2) is 14.8 Å². The summed E-state index contributed by atoms with van der Waals surface area (Å²) in [4.78, 5) is 31.3. The van der Waals surface area contributed by atoms with Crippen LogP contribution in [0.3, 0.4) is 0 Å². The molecule has 36 heavy (non-hydrogen) atoms. The third-order valence-electron chi connectivity index (χ3n) is 6.11. The van der Waals surface area contributed by atoms with Crippen LogP contribution in [0.5, 0.6) is 0 Å². The maximum absolute atomic E-state index is 13.8. The second kappa shape index (κ2) is 10.7. The summed E-state index contributed by atoms with van der Waals surface area (Å²) >= 11 is 8.17. The van der Waals surface area contributed by atoms with Crippen LogP contribution in [-0.4, -0.2) is 45.0 Å². The fourth-order valence-corrected chi connectivity index (χ4v) is 6.32. The van der Waals surface area contributed by atoms with Gasteiger partial charge in [-0.05, 0) is 62.7 Å². The lowest BCUT2D eigenvalue weighted by Gasteiger charge is -2.14. The summed E-state index contributed by atoms with van der Waals surface area (Å²) in [5, 5.41) is 3.39. The van der Waals surface area contributed by atoms with E-state index >= 15 is 0 Å². The fraction of sp³-hybridized carbons (Fsp3) is 0.308. The number of carbonyl (C=O) groups is 1. The molecular formula is C26H26N4O3S3. The zero-order chi connectivity index (χ0) is 25.2. The number of amides is 1. The van der Waals surface area contributed by atoms with Crippen molar-refractivity contribution in [3.63, 3.8) is 0 Å². The minimum atomic E-state index is -0.199. The van der Waals surface area contributed by atoms with Gasteiger partial charge in [-0.2, -0.15) is 0 Å². The lowest BCUT2D eigenvalue weighted by Crippen LogP contribution is -2.33. The fourth-order valence-electron chi connectivity index (χ4n) is 4.19. The maximum atomic E-state index is 13.8. The number of nitrogens with zero attached hydrogens (tertiary/aromatic N) is 3. The Morgan fingerprint density at radius 1 is 1.19 bits per heavy atom. The Morgan fingerprint density at radius 3 is 2.69 bits per heavy atom. The van der Waals surface area contributed by atoms with Crippen LogP contribution in [0, 0.1) is 17.8 Å². The van der Waals surface area contributed by atoms with E-state index in [1.807, 2.05) is 66.9 Å². The van der Waals surface area contributed by atoms with Gasteiger partial charge in [-0.1, -0.05) is 59.0 Å². The van der Waals surface area contributed by atoms with Crippen molar-refractivity contribution in [2.24, 2.45) is 0 Å². The van der Waals surface area contributed by atoms with Crippen molar-refractivity contribution < 1.29 is 9.53 Å². The number of fused-ring (bicyclic) bond motifs is 1. The molecule has 0 aliphatic carbocycles. The van der Waals surface area contributed by atoms with Crippen LogP contribution >= 0.6 is 35.3 Å². The number of benzene rings is 2. The predicted octanol–water partition coefficient (Wildman–Crippen LogP) is 4.97. The number of para-hydroxylation sites is 1. The topological polar surface area (TPSA) is 78.2 Å². The number of aryl methyl sites for hydroxylation is 2. The quantitative estimate of drug-likeness (QED) is 0.203. The lowest BCUT2D eigenvalue weighted by atomic mass is 10.2. The molecule has 5 rings (SSSR count). The van der Waals surface area contributed by atoms with E-state index in [2.05, 4.69) is 5.32 Å². The summed E-state index contributed by atoms with van der Waals surface area (Å²) in [6, 6.07) is 15.6. The van der Waals surface area contributed by atoms with E-state index in [0.717, 1.165) is 36.3 Å². The van der Waals surface area contributed by atoms with E-state index in [1.54, 1.807) is 4.57 Å². The molecule has 2 aromatic carbocycles. The third-order valence-corrected chi connectivity index (χ3v) is 8.40. The van der Waals surface area contributed by atoms with Crippen molar-refractivity contribution in [1.29, 1.82) is 0 Å². The highest BCUT2D eigenvalue weighted by Crippen LogP contribution is 2.28. The molecule has 3 heterocycles. The zero-order valence-electron chi connectivity index (χ0n) is 20.0. The van der Waals surface area contributed by atoms with E-state index in [1.165, 1.54) is 23.1 Å². The summed E-state index contributed by atoms with van der Waals surface area (Å²) < 4.78 is 10.1. The number of nitrogens with one attached hydrogen (secondary N) is 1. The Bertz CT molecular complexity index is 1530. The zero-order valence-corrected chi connectivity index (χ0v) is 22.5. The minimum absolute atomic E-state index is 0.0727. The molecule has 1 aliphatic heterocycles. The van der Waals surface area contributed by atoms with Gasteiger partial charge in [-0.25, -0.2) is 4.98 Å². The van der Waals surface area contributed by atoms with Gasteiger partial charge in [0.05, 0.1) is 23.2 Å². The molecule has 7 nitrogen and oxygen atoms in total. The number of aromatic nitrogens is 3. The molecule has 1 aliphatic rings. The van der Waals surface area contributed by atoms with Crippen molar-refractivity contribution in [2.75, 3.05) is 18.9 Å². The van der Waals surface area contributed by atoms with Gasteiger partial charge in [0, 0.05) is 13.2 Å². The molecule has 4 aromatic rings. The SMILES string of the molecule is Cc1ccc(-n2c(SCC(=O)NC[C@H]3CCCO3)nc3c(sc(=S)n3-c3ccccc3C)c2=O)cc1. The van der Waals surface area contributed by atoms with Crippen LogP contribution in [0.4, 0.5) is 0 Å². The Kier molecular flexibility index (Phi) is 7.38. The molecule has 0 spiro atoms. The summed E-state index contributed by atoms with van der Waals surface area (Å²) in [5.74, 6) is 0.00697. The normalized spacial score (nSPS) is 15.4. The highest BCUT2D eigenvalue weighted by Gasteiger charge is 2.21. The van der Waals surface area contributed by atoms with Crippen LogP contribution in [-0.2, 0) is 9.53 Å². The number of ether oxygens (including phenoxy) is 1. The Balaban J connectivity index is 1.56. The molecule has 0 radical (unpaired) electrons. The van der Waals surface area contributed by atoms with Crippen LogP contribution in [0.25, 0.3) is 21.7 Å². The highest BCUT2D eigenvalue weighted by atomic mass is 32.2. The highest BCUT2D eigenvalue weighted by molar-refractivity contribution is 7.99. The first kappa shape index (κ1) is 24.9. The second-order valence-corrected chi connectivity index (χ2v) is 11.3. The largest absolute Gasteiger partial charge is 0.376 e. The van der Waals surface area contributed by atoms with Gasteiger partial charge >= 0.3 is 0 Å². The molecule has 1 amide bonds. The molecule has 2 aromatic heterocycles. The Morgan fingerprint density at radius 2 is 1.97 bits per heavy atom. The number of rotatable bonds is 7. The van der Waals surface area contributed by atoms with Gasteiger partial charge in [-0.3, -0.25) is 18.7 Å². The van der Waals surface area contributed by atoms with Crippen molar-refractivity contribution in [2.45, 2.75) is 37.9 Å². The number of thioether (sulfide) groups is 1. The first-order valence-electron chi connectivity index (χ1n) is 11.7. The van der Waals surface area contributed by atoms with Gasteiger partial charge in [0.25, 0.3) is 5.56 Å². The molecule has 1 fully saturated rings. The summed E-state index contributed by atoms with van der Waals surface area (Å²) in [5.41, 5.74) is 4.01. The molecule has 10 heteroatoms. The third kappa shape index (κ3) is 5.04. The van der Waals surface area contributed by atoms with E-state index in [9.17, 15) is 9.59 Å². The van der Waals surface area contributed by atoms with Crippen LogP contribution in [0.1, 0.15) is 24.0 Å².